The highest BCUT2D eigenvalue weighted by Crippen LogP contribution is 2.21. The van der Waals surface area contributed by atoms with Crippen LogP contribution in [-0.2, 0) is 11.3 Å². The second kappa shape index (κ2) is 10.1. The largest absolute Gasteiger partial charge is 0.497 e. The molecule has 0 spiro atoms. The van der Waals surface area contributed by atoms with Gasteiger partial charge < -0.3 is 14.8 Å². The Morgan fingerprint density at radius 2 is 1.86 bits per heavy atom. The zero-order chi connectivity index (χ0) is 20.6. The summed E-state index contributed by atoms with van der Waals surface area (Å²) in [7, 11) is 1.62. The van der Waals surface area contributed by atoms with Crippen molar-refractivity contribution in [2.45, 2.75) is 13.0 Å². The monoisotopic (exact) mass is 432 g/mol. The molecule has 7 nitrogen and oxygen atoms in total. The third-order valence-electron chi connectivity index (χ3n) is 4.18. The van der Waals surface area contributed by atoms with Gasteiger partial charge in [0.05, 0.1) is 13.7 Å². The minimum Gasteiger partial charge on any atom is -0.497 e. The predicted octanol–water partition coefficient (Wildman–Crippen LogP) is 3.85. The number of carbonyl (C=O) groups is 1. The molecule has 2 aromatic carbocycles. The molecule has 3 rings (SSSR count). The first kappa shape index (κ1) is 20.9. The van der Waals surface area contributed by atoms with E-state index in [2.05, 4.69) is 15.5 Å². The quantitative estimate of drug-likeness (QED) is 0.396. The highest BCUT2D eigenvalue weighted by atomic mass is 35.5. The number of amides is 1. The predicted molar refractivity (Wildman–Crippen MR) is 114 cm³/mol. The van der Waals surface area contributed by atoms with Gasteiger partial charge in [0.15, 0.2) is 10.6 Å². The molecule has 0 saturated carbocycles. The summed E-state index contributed by atoms with van der Waals surface area (Å²) in [6.07, 6.45) is 0.276. The number of nitrogens with one attached hydrogen (secondary N) is 2. The molecule has 1 heterocycles. The van der Waals surface area contributed by atoms with Crippen LogP contribution in [0, 0.1) is 4.77 Å². The number of hydrogen-bond acceptors (Lipinski definition) is 5. The molecule has 0 radical (unpaired) electrons. The van der Waals surface area contributed by atoms with Gasteiger partial charge in [-0.1, -0.05) is 11.6 Å². The summed E-state index contributed by atoms with van der Waals surface area (Å²) in [6.45, 7) is 1.19. The van der Waals surface area contributed by atoms with Crippen molar-refractivity contribution in [3.05, 3.63) is 58.3 Å². The number of aromatic amines is 1. The number of aromatic nitrogens is 3. The summed E-state index contributed by atoms with van der Waals surface area (Å²) in [5, 5.41) is 10.6. The van der Waals surface area contributed by atoms with E-state index >= 15 is 0 Å². The molecule has 0 aliphatic carbocycles. The highest BCUT2D eigenvalue weighted by molar-refractivity contribution is 7.71. The minimum absolute atomic E-state index is 0.0894. The lowest BCUT2D eigenvalue weighted by atomic mass is 10.2. The van der Waals surface area contributed by atoms with E-state index in [-0.39, 0.29) is 12.3 Å². The Hall–Kier alpha value is -2.84. The van der Waals surface area contributed by atoms with E-state index in [1.165, 1.54) is 0 Å². The van der Waals surface area contributed by atoms with Crippen molar-refractivity contribution in [2.75, 3.05) is 20.3 Å². The van der Waals surface area contributed by atoms with Crippen molar-refractivity contribution in [1.82, 2.24) is 20.1 Å². The average Bonchev–Trinajstić information content (AvgIpc) is 3.11. The maximum absolute atomic E-state index is 12.2. The maximum Gasteiger partial charge on any atom is 0.221 e. The topological polar surface area (TPSA) is 81.2 Å². The van der Waals surface area contributed by atoms with Crippen LogP contribution in [0.15, 0.2) is 48.5 Å². The number of halogens is 1. The van der Waals surface area contributed by atoms with Crippen LogP contribution in [0.1, 0.15) is 6.42 Å². The lowest BCUT2D eigenvalue weighted by Gasteiger charge is -2.09. The molecule has 0 aliphatic rings. The molecule has 0 atom stereocenters. The standard InChI is InChI=1S/C20H21ClN4O3S/c1-27-16-6-2-14(3-7-16)19-23-24-20(29)25(19)12-10-18(26)22-11-13-28-17-8-4-15(21)5-9-17/h2-9H,10-13H2,1H3,(H,22,26)(H,24,29). The third kappa shape index (κ3) is 5.82. The Morgan fingerprint density at radius 3 is 2.55 bits per heavy atom. The van der Waals surface area contributed by atoms with Gasteiger partial charge in [0.1, 0.15) is 18.1 Å². The van der Waals surface area contributed by atoms with Gasteiger partial charge in [0.2, 0.25) is 5.91 Å². The van der Waals surface area contributed by atoms with Crippen LogP contribution >= 0.6 is 23.8 Å². The second-order valence-electron chi connectivity index (χ2n) is 6.13. The van der Waals surface area contributed by atoms with E-state index in [1.807, 2.05) is 24.3 Å². The number of hydrogen-bond donors (Lipinski definition) is 2. The Morgan fingerprint density at radius 1 is 1.17 bits per heavy atom. The Labute approximate surface area is 178 Å². The van der Waals surface area contributed by atoms with Crippen molar-refractivity contribution in [3.8, 4) is 22.9 Å². The molecule has 9 heteroatoms. The Bertz CT molecular complexity index is 1000. The summed E-state index contributed by atoms with van der Waals surface area (Å²) in [6, 6.07) is 14.6. The number of rotatable bonds is 9. The molecule has 0 bridgehead atoms. The highest BCUT2D eigenvalue weighted by Gasteiger charge is 2.11. The van der Waals surface area contributed by atoms with E-state index in [0.29, 0.717) is 41.1 Å². The van der Waals surface area contributed by atoms with Gasteiger partial charge in [-0.2, -0.15) is 5.10 Å². The van der Waals surface area contributed by atoms with Crippen LogP contribution in [0.5, 0.6) is 11.5 Å². The lowest BCUT2D eigenvalue weighted by molar-refractivity contribution is -0.121. The normalized spacial score (nSPS) is 10.6. The molecule has 0 fully saturated rings. The molecule has 29 heavy (non-hydrogen) atoms. The van der Waals surface area contributed by atoms with Gasteiger partial charge in [0, 0.05) is 23.6 Å². The van der Waals surface area contributed by atoms with Crippen LogP contribution in [0.4, 0.5) is 0 Å². The first-order valence-corrected chi connectivity index (χ1v) is 9.80. The molecule has 0 saturated heterocycles. The number of ether oxygens (including phenoxy) is 2. The van der Waals surface area contributed by atoms with Gasteiger partial charge in [-0.05, 0) is 60.7 Å². The molecule has 2 N–H and O–H groups in total. The Kier molecular flexibility index (Phi) is 7.26. The molecule has 3 aromatic rings. The molecular formula is C20H21ClN4O3S. The van der Waals surface area contributed by atoms with Gasteiger partial charge in [-0.3, -0.25) is 14.5 Å². The van der Waals surface area contributed by atoms with Crippen LogP contribution in [0.25, 0.3) is 11.4 Å². The van der Waals surface area contributed by atoms with Crippen LogP contribution in [-0.4, -0.2) is 40.9 Å². The smallest absolute Gasteiger partial charge is 0.221 e. The lowest BCUT2D eigenvalue weighted by Crippen LogP contribution is -2.28. The van der Waals surface area contributed by atoms with E-state index < -0.39 is 0 Å². The molecule has 1 aromatic heterocycles. The fourth-order valence-electron chi connectivity index (χ4n) is 2.68. The number of nitrogens with zero attached hydrogens (tertiary/aromatic N) is 2. The minimum atomic E-state index is -0.0894. The van der Waals surface area contributed by atoms with E-state index in [4.69, 9.17) is 33.3 Å². The van der Waals surface area contributed by atoms with Gasteiger partial charge in [-0.15, -0.1) is 0 Å². The summed E-state index contributed by atoms with van der Waals surface area (Å²) < 4.78 is 13.0. The van der Waals surface area contributed by atoms with Crippen molar-refractivity contribution < 1.29 is 14.3 Å². The number of H-pyrrole nitrogens is 1. The summed E-state index contributed by atoms with van der Waals surface area (Å²) in [5.74, 6) is 2.05. The summed E-state index contributed by atoms with van der Waals surface area (Å²) in [5.41, 5.74) is 0.884. The van der Waals surface area contributed by atoms with Gasteiger partial charge in [0.25, 0.3) is 0 Å². The van der Waals surface area contributed by atoms with Crippen LogP contribution < -0.4 is 14.8 Å². The number of methoxy groups -OCH3 is 1. The van der Waals surface area contributed by atoms with E-state index in [9.17, 15) is 4.79 Å². The summed E-state index contributed by atoms with van der Waals surface area (Å²) in [4.78, 5) is 12.2. The molecular weight excluding hydrogens is 412 g/mol. The third-order valence-corrected chi connectivity index (χ3v) is 4.74. The fraction of sp³-hybridized carbons (Fsp3) is 0.250. The second-order valence-corrected chi connectivity index (χ2v) is 6.96. The summed E-state index contributed by atoms with van der Waals surface area (Å²) >= 11 is 11.1. The molecule has 0 unspecified atom stereocenters. The first-order chi connectivity index (χ1) is 14.1. The average molecular weight is 433 g/mol. The van der Waals surface area contributed by atoms with Crippen LogP contribution in [0.3, 0.4) is 0 Å². The molecule has 0 aliphatic heterocycles. The van der Waals surface area contributed by atoms with Crippen molar-refractivity contribution >= 4 is 29.7 Å². The number of carbonyl (C=O) groups excluding carboxylic acids is 1. The zero-order valence-electron chi connectivity index (χ0n) is 15.9. The molecule has 1 amide bonds. The van der Waals surface area contributed by atoms with E-state index in [0.717, 1.165) is 11.3 Å². The van der Waals surface area contributed by atoms with Crippen molar-refractivity contribution in [2.24, 2.45) is 0 Å². The van der Waals surface area contributed by atoms with Crippen molar-refractivity contribution in [1.29, 1.82) is 0 Å². The fourth-order valence-corrected chi connectivity index (χ4v) is 3.03. The zero-order valence-corrected chi connectivity index (χ0v) is 17.4. The van der Waals surface area contributed by atoms with Crippen LogP contribution in [0.2, 0.25) is 5.02 Å². The van der Waals surface area contributed by atoms with Gasteiger partial charge >= 0.3 is 0 Å². The maximum atomic E-state index is 12.2. The number of benzene rings is 2. The Balaban J connectivity index is 1.49. The van der Waals surface area contributed by atoms with E-state index in [1.54, 1.807) is 35.9 Å². The first-order valence-electron chi connectivity index (χ1n) is 9.01. The molecule has 152 valence electrons. The van der Waals surface area contributed by atoms with Crippen molar-refractivity contribution in [3.63, 3.8) is 0 Å². The SMILES string of the molecule is COc1ccc(-c2n[nH]c(=S)n2CCC(=O)NCCOc2ccc(Cl)cc2)cc1. The van der Waals surface area contributed by atoms with Gasteiger partial charge in [-0.25, -0.2) is 0 Å².